The van der Waals surface area contributed by atoms with E-state index in [0.717, 1.165) is 26.2 Å². The lowest BCUT2D eigenvalue weighted by molar-refractivity contribution is 0.113. The van der Waals surface area contributed by atoms with Gasteiger partial charge in [-0.05, 0) is 11.8 Å². The number of hydrogen-bond donors (Lipinski definition) is 1. The van der Waals surface area contributed by atoms with Crippen molar-refractivity contribution in [2.24, 2.45) is 5.41 Å². The molecule has 0 saturated carbocycles. The molecule has 0 radical (unpaired) electrons. The highest BCUT2D eigenvalue weighted by Gasteiger charge is 2.30. The molecule has 0 amide bonds. The second kappa shape index (κ2) is 7.90. The van der Waals surface area contributed by atoms with Crippen LogP contribution in [0, 0.1) is 5.41 Å². The van der Waals surface area contributed by atoms with Crippen molar-refractivity contribution in [2.75, 3.05) is 45.5 Å². The van der Waals surface area contributed by atoms with Crippen molar-refractivity contribution < 1.29 is 8.42 Å². The summed E-state index contributed by atoms with van der Waals surface area (Å²) >= 11 is 0. The molecule has 1 aliphatic heterocycles. The summed E-state index contributed by atoms with van der Waals surface area (Å²) in [7, 11) is -3.03. The lowest BCUT2D eigenvalue weighted by atomic mass is 9.84. The minimum Gasteiger partial charge on any atom is -0.314 e. The summed E-state index contributed by atoms with van der Waals surface area (Å²) < 4.78 is 24.7. The fourth-order valence-corrected chi connectivity index (χ4v) is 3.86. The predicted octanol–water partition coefficient (Wildman–Crippen LogP) is 1.37. The van der Waals surface area contributed by atoms with Crippen LogP contribution in [0.15, 0.2) is 0 Å². The Labute approximate surface area is 131 Å². The smallest absolute Gasteiger partial charge is 0.211 e. The van der Waals surface area contributed by atoms with Gasteiger partial charge in [0.25, 0.3) is 0 Å². The molecule has 5 nitrogen and oxygen atoms in total. The van der Waals surface area contributed by atoms with Gasteiger partial charge >= 0.3 is 0 Å². The summed E-state index contributed by atoms with van der Waals surface area (Å²) in [6.07, 6.45) is 3.68. The van der Waals surface area contributed by atoms with E-state index in [2.05, 4.69) is 37.9 Å². The average Bonchev–Trinajstić information content (AvgIpc) is 2.36. The van der Waals surface area contributed by atoms with E-state index in [1.165, 1.54) is 19.1 Å². The standard InChI is InChI=1S/C15H33N3O2S/c1-6-7-15(4,12-16-14(2)3)13-17-8-10-18(11-9-17)21(5,19)20/h14,16H,6-13H2,1-5H3. The molecule has 1 unspecified atom stereocenters. The van der Waals surface area contributed by atoms with Crippen LogP contribution in [0.3, 0.4) is 0 Å². The Kier molecular flexibility index (Phi) is 7.10. The SMILES string of the molecule is CCCC(C)(CNC(C)C)CN1CCN(S(C)(=O)=O)CC1. The topological polar surface area (TPSA) is 52.6 Å². The zero-order valence-corrected chi connectivity index (χ0v) is 15.2. The summed E-state index contributed by atoms with van der Waals surface area (Å²) in [6, 6.07) is 0.503. The molecule has 21 heavy (non-hydrogen) atoms. The number of sulfonamides is 1. The third-order valence-corrected chi connectivity index (χ3v) is 5.50. The summed E-state index contributed by atoms with van der Waals surface area (Å²) in [6.45, 7) is 13.9. The maximum atomic E-state index is 11.6. The van der Waals surface area contributed by atoms with Gasteiger partial charge in [0.15, 0.2) is 0 Å². The van der Waals surface area contributed by atoms with Gasteiger partial charge in [-0.3, -0.25) is 0 Å². The maximum Gasteiger partial charge on any atom is 0.211 e. The highest BCUT2D eigenvalue weighted by molar-refractivity contribution is 7.88. The molecule has 1 N–H and O–H groups in total. The van der Waals surface area contributed by atoms with Gasteiger partial charge in [-0.2, -0.15) is 4.31 Å². The van der Waals surface area contributed by atoms with Crippen LogP contribution in [-0.2, 0) is 10.0 Å². The fourth-order valence-electron chi connectivity index (χ4n) is 3.04. The van der Waals surface area contributed by atoms with Gasteiger partial charge in [0.1, 0.15) is 0 Å². The zero-order valence-electron chi connectivity index (χ0n) is 14.4. The lowest BCUT2D eigenvalue weighted by Crippen LogP contribution is -2.52. The van der Waals surface area contributed by atoms with Gasteiger partial charge in [0.05, 0.1) is 6.26 Å². The summed E-state index contributed by atoms with van der Waals surface area (Å²) in [4.78, 5) is 2.42. The average molecular weight is 320 g/mol. The molecule has 1 rings (SSSR count). The summed E-state index contributed by atoms with van der Waals surface area (Å²) in [5, 5.41) is 3.56. The largest absolute Gasteiger partial charge is 0.314 e. The van der Waals surface area contributed by atoms with Gasteiger partial charge in [-0.25, -0.2) is 8.42 Å². The van der Waals surface area contributed by atoms with Crippen LogP contribution in [0.2, 0.25) is 0 Å². The highest BCUT2D eigenvalue weighted by Crippen LogP contribution is 2.25. The number of piperazine rings is 1. The van der Waals surface area contributed by atoms with Crippen LogP contribution in [-0.4, -0.2) is 69.2 Å². The second-order valence-electron chi connectivity index (χ2n) is 7.03. The van der Waals surface area contributed by atoms with Gasteiger partial charge in [0, 0.05) is 45.3 Å². The van der Waals surface area contributed by atoms with Gasteiger partial charge in [-0.15, -0.1) is 0 Å². The van der Waals surface area contributed by atoms with Crippen molar-refractivity contribution in [3.8, 4) is 0 Å². The molecule has 1 saturated heterocycles. The van der Waals surface area contributed by atoms with Crippen LogP contribution in [0.4, 0.5) is 0 Å². The lowest BCUT2D eigenvalue weighted by Gasteiger charge is -2.40. The summed E-state index contributed by atoms with van der Waals surface area (Å²) in [5.74, 6) is 0. The molecule has 0 aromatic heterocycles. The first-order valence-electron chi connectivity index (χ1n) is 8.07. The second-order valence-corrected chi connectivity index (χ2v) is 9.02. The number of rotatable bonds is 8. The van der Waals surface area contributed by atoms with Crippen molar-refractivity contribution in [2.45, 2.75) is 46.6 Å². The van der Waals surface area contributed by atoms with E-state index >= 15 is 0 Å². The Morgan fingerprint density at radius 3 is 2.19 bits per heavy atom. The Hall–Kier alpha value is -0.170. The molecule has 126 valence electrons. The first kappa shape index (κ1) is 18.9. The normalized spacial score (nSPS) is 21.6. The Morgan fingerprint density at radius 1 is 1.19 bits per heavy atom. The van der Waals surface area contributed by atoms with E-state index < -0.39 is 10.0 Å². The fraction of sp³-hybridized carbons (Fsp3) is 1.00. The van der Waals surface area contributed by atoms with E-state index in [9.17, 15) is 8.42 Å². The molecule has 1 atom stereocenters. The first-order valence-corrected chi connectivity index (χ1v) is 9.92. The van der Waals surface area contributed by atoms with E-state index in [0.29, 0.717) is 19.1 Å². The number of hydrogen-bond acceptors (Lipinski definition) is 4. The molecule has 0 aromatic rings. The Balaban J connectivity index is 2.53. The Morgan fingerprint density at radius 2 is 1.76 bits per heavy atom. The molecule has 1 aliphatic rings. The molecular weight excluding hydrogens is 286 g/mol. The van der Waals surface area contributed by atoms with Gasteiger partial charge < -0.3 is 10.2 Å². The van der Waals surface area contributed by atoms with Crippen molar-refractivity contribution in [1.82, 2.24) is 14.5 Å². The van der Waals surface area contributed by atoms with Crippen molar-refractivity contribution in [3.05, 3.63) is 0 Å². The predicted molar refractivity (Wildman–Crippen MR) is 89.0 cm³/mol. The minimum absolute atomic E-state index is 0.256. The van der Waals surface area contributed by atoms with Crippen molar-refractivity contribution in [1.29, 1.82) is 0 Å². The first-order chi connectivity index (χ1) is 9.66. The molecule has 0 aliphatic carbocycles. The van der Waals surface area contributed by atoms with E-state index in [1.807, 2.05) is 0 Å². The van der Waals surface area contributed by atoms with Crippen LogP contribution in [0.1, 0.15) is 40.5 Å². The van der Waals surface area contributed by atoms with Crippen molar-refractivity contribution >= 4 is 10.0 Å². The highest BCUT2D eigenvalue weighted by atomic mass is 32.2. The monoisotopic (exact) mass is 319 g/mol. The van der Waals surface area contributed by atoms with Crippen molar-refractivity contribution in [3.63, 3.8) is 0 Å². The quantitative estimate of drug-likeness (QED) is 0.734. The van der Waals surface area contributed by atoms with Gasteiger partial charge in [-0.1, -0.05) is 34.1 Å². The van der Waals surface area contributed by atoms with E-state index in [-0.39, 0.29) is 5.41 Å². The molecule has 6 heteroatoms. The Bertz CT molecular complexity index is 403. The maximum absolute atomic E-state index is 11.6. The van der Waals surface area contributed by atoms with Crippen LogP contribution in [0.25, 0.3) is 0 Å². The third-order valence-electron chi connectivity index (χ3n) is 4.20. The molecule has 1 heterocycles. The summed E-state index contributed by atoms with van der Waals surface area (Å²) in [5.41, 5.74) is 0.256. The van der Waals surface area contributed by atoms with E-state index in [1.54, 1.807) is 4.31 Å². The van der Waals surface area contributed by atoms with Gasteiger partial charge in [0.2, 0.25) is 10.0 Å². The number of nitrogens with zero attached hydrogens (tertiary/aromatic N) is 2. The molecular formula is C15H33N3O2S. The molecule has 0 spiro atoms. The van der Waals surface area contributed by atoms with E-state index in [4.69, 9.17) is 0 Å². The van der Waals surface area contributed by atoms with Crippen LogP contribution in [0.5, 0.6) is 0 Å². The van der Waals surface area contributed by atoms with Crippen LogP contribution >= 0.6 is 0 Å². The number of nitrogens with one attached hydrogen (secondary N) is 1. The molecule has 0 aromatic carbocycles. The molecule has 0 bridgehead atoms. The minimum atomic E-state index is -3.03. The van der Waals surface area contributed by atoms with Crippen LogP contribution < -0.4 is 5.32 Å². The zero-order chi connectivity index (χ0) is 16.1. The molecule has 1 fully saturated rings. The third kappa shape index (κ3) is 6.63.